The molecular weight excluding hydrogens is 136 g/mol. The van der Waals surface area contributed by atoms with E-state index in [1.54, 1.807) is 0 Å². The maximum atomic E-state index is 5.38. The van der Waals surface area contributed by atoms with E-state index in [4.69, 9.17) is 4.74 Å². The van der Waals surface area contributed by atoms with Gasteiger partial charge in [0.2, 0.25) is 0 Å². The molecule has 4 atom stereocenters. The molecule has 2 aliphatic rings. The average molecular weight is 154 g/mol. The Hall–Kier alpha value is -0.0400. The number of fused-ring (bicyclic) bond motifs is 1. The van der Waals surface area contributed by atoms with Crippen molar-refractivity contribution in [3.63, 3.8) is 0 Å². The summed E-state index contributed by atoms with van der Waals surface area (Å²) in [6.07, 6.45) is 6.20. The van der Waals surface area contributed by atoms with Crippen LogP contribution >= 0.6 is 0 Å². The lowest BCUT2D eigenvalue weighted by atomic mass is 10.0. The highest BCUT2D eigenvalue weighted by atomic mass is 16.5. The third kappa shape index (κ3) is 1.31. The number of hydrogen-bond donors (Lipinski definition) is 0. The van der Waals surface area contributed by atoms with E-state index in [1.165, 1.54) is 25.7 Å². The van der Waals surface area contributed by atoms with Gasteiger partial charge in [-0.15, -0.1) is 0 Å². The second-order valence-electron chi connectivity index (χ2n) is 4.43. The summed E-state index contributed by atoms with van der Waals surface area (Å²) in [5.74, 6) is 3.01. The van der Waals surface area contributed by atoms with E-state index in [-0.39, 0.29) is 0 Å². The molecule has 2 fully saturated rings. The molecule has 0 aromatic heterocycles. The molecule has 2 unspecified atom stereocenters. The van der Waals surface area contributed by atoms with E-state index in [0.717, 1.165) is 17.8 Å². The minimum absolute atomic E-state index is 0.595. The van der Waals surface area contributed by atoms with Crippen LogP contribution in [0.15, 0.2) is 0 Å². The summed E-state index contributed by atoms with van der Waals surface area (Å²) < 4.78 is 5.38. The van der Waals surface area contributed by atoms with Gasteiger partial charge >= 0.3 is 0 Å². The largest absolute Gasteiger partial charge is 0.381 e. The van der Waals surface area contributed by atoms with Crippen molar-refractivity contribution < 1.29 is 4.74 Å². The molecule has 1 nitrogen and oxygen atoms in total. The predicted octanol–water partition coefficient (Wildman–Crippen LogP) is 2.46. The van der Waals surface area contributed by atoms with Crippen molar-refractivity contribution in [3.8, 4) is 0 Å². The second-order valence-corrected chi connectivity index (χ2v) is 4.43. The summed E-state index contributed by atoms with van der Waals surface area (Å²) in [5, 5.41) is 0. The fraction of sp³-hybridized carbons (Fsp3) is 1.00. The second kappa shape index (κ2) is 2.78. The van der Waals surface area contributed by atoms with Crippen molar-refractivity contribution >= 4 is 0 Å². The molecule has 0 aliphatic heterocycles. The molecule has 0 amide bonds. The van der Waals surface area contributed by atoms with Crippen LogP contribution in [-0.4, -0.2) is 13.2 Å². The lowest BCUT2D eigenvalue weighted by Gasteiger charge is -2.09. The maximum Gasteiger partial charge on any atom is 0.0576 e. The van der Waals surface area contributed by atoms with Crippen LogP contribution in [0.1, 0.15) is 32.6 Å². The van der Waals surface area contributed by atoms with E-state index in [1.807, 2.05) is 7.11 Å². The maximum absolute atomic E-state index is 5.38. The van der Waals surface area contributed by atoms with Crippen LogP contribution in [0.3, 0.4) is 0 Å². The van der Waals surface area contributed by atoms with Crippen LogP contribution in [0.5, 0.6) is 0 Å². The van der Waals surface area contributed by atoms with Gasteiger partial charge < -0.3 is 4.74 Å². The summed E-state index contributed by atoms with van der Waals surface area (Å²) in [4.78, 5) is 0. The number of methoxy groups -OCH3 is 1. The van der Waals surface area contributed by atoms with Crippen LogP contribution in [-0.2, 0) is 4.74 Å². The third-order valence-corrected chi connectivity index (χ3v) is 3.54. The standard InChI is InChI=1S/C10H18O/c1-7-3-8-5-10(11-2)6-9(8)4-7/h7-10H,3-6H2,1-2H3/t7?,8-,9+,10?. The average Bonchev–Trinajstić information content (AvgIpc) is 2.43. The van der Waals surface area contributed by atoms with Crippen molar-refractivity contribution in [2.75, 3.05) is 7.11 Å². The van der Waals surface area contributed by atoms with E-state index < -0.39 is 0 Å². The monoisotopic (exact) mass is 154 g/mol. The van der Waals surface area contributed by atoms with Crippen molar-refractivity contribution in [3.05, 3.63) is 0 Å². The molecular formula is C10H18O. The van der Waals surface area contributed by atoms with Gasteiger partial charge in [-0.1, -0.05) is 6.92 Å². The Morgan fingerprint density at radius 3 is 2.00 bits per heavy atom. The van der Waals surface area contributed by atoms with E-state index >= 15 is 0 Å². The normalized spacial score (nSPS) is 49.6. The lowest BCUT2D eigenvalue weighted by molar-refractivity contribution is 0.0998. The molecule has 0 aromatic rings. The van der Waals surface area contributed by atoms with Crippen LogP contribution in [0.2, 0.25) is 0 Å². The number of rotatable bonds is 1. The van der Waals surface area contributed by atoms with Gasteiger partial charge in [0.15, 0.2) is 0 Å². The molecule has 0 saturated heterocycles. The molecule has 0 heterocycles. The van der Waals surface area contributed by atoms with Gasteiger partial charge in [0, 0.05) is 7.11 Å². The summed E-state index contributed by atoms with van der Waals surface area (Å²) >= 11 is 0. The molecule has 2 aliphatic carbocycles. The van der Waals surface area contributed by atoms with Crippen molar-refractivity contribution in [1.82, 2.24) is 0 Å². The quantitative estimate of drug-likeness (QED) is 0.563. The minimum Gasteiger partial charge on any atom is -0.381 e. The first-order chi connectivity index (χ1) is 5.29. The topological polar surface area (TPSA) is 9.23 Å². The Kier molecular flexibility index (Phi) is 1.92. The fourth-order valence-corrected chi connectivity index (χ4v) is 3.06. The molecule has 1 heteroatoms. The smallest absolute Gasteiger partial charge is 0.0576 e. The highest BCUT2D eigenvalue weighted by Crippen LogP contribution is 2.47. The summed E-state index contributed by atoms with van der Waals surface area (Å²) in [7, 11) is 1.86. The first kappa shape index (κ1) is 7.60. The molecule has 0 spiro atoms. The zero-order chi connectivity index (χ0) is 7.84. The first-order valence-electron chi connectivity index (χ1n) is 4.82. The van der Waals surface area contributed by atoms with Crippen molar-refractivity contribution in [2.24, 2.45) is 17.8 Å². The van der Waals surface area contributed by atoms with Gasteiger partial charge in [-0.2, -0.15) is 0 Å². The first-order valence-corrected chi connectivity index (χ1v) is 4.82. The van der Waals surface area contributed by atoms with E-state index in [9.17, 15) is 0 Å². The Balaban J connectivity index is 1.93. The van der Waals surface area contributed by atoms with Crippen molar-refractivity contribution in [2.45, 2.75) is 38.7 Å². The molecule has 0 radical (unpaired) electrons. The molecule has 64 valence electrons. The van der Waals surface area contributed by atoms with Gasteiger partial charge in [0.25, 0.3) is 0 Å². The summed E-state index contributed by atoms with van der Waals surface area (Å²) in [5.41, 5.74) is 0. The highest BCUT2D eigenvalue weighted by molar-refractivity contribution is 4.90. The minimum atomic E-state index is 0.595. The van der Waals surface area contributed by atoms with Gasteiger partial charge in [-0.3, -0.25) is 0 Å². The molecule has 0 N–H and O–H groups in total. The Morgan fingerprint density at radius 1 is 1.00 bits per heavy atom. The van der Waals surface area contributed by atoms with Crippen LogP contribution in [0.4, 0.5) is 0 Å². The SMILES string of the molecule is COC1C[C@H]2CC(C)C[C@H]2C1. The van der Waals surface area contributed by atoms with E-state index in [2.05, 4.69) is 6.92 Å². The zero-order valence-electron chi connectivity index (χ0n) is 7.55. The van der Waals surface area contributed by atoms with Crippen LogP contribution in [0, 0.1) is 17.8 Å². The third-order valence-electron chi connectivity index (χ3n) is 3.54. The Morgan fingerprint density at radius 2 is 1.55 bits per heavy atom. The van der Waals surface area contributed by atoms with Gasteiger partial charge in [-0.05, 0) is 43.4 Å². The Labute approximate surface area is 69.1 Å². The van der Waals surface area contributed by atoms with Gasteiger partial charge in [-0.25, -0.2) is 0 Å². The highest BCUT2D eigenvalue weighted by Gasteiger charge is 2.39. The fourth-order valence-electron chi connectivity index (χ4n) is 3.06. The van der Waals surface area contributed by atoms with Gasteiger partial charge in [0.05, 0.1) is 6.10 Å². The van der Waals surface area contributed by atoms with Crippen LogP contribution in [0.25, 0.3) is 0 Å². The van der Waals surface area contributed by atoms with Crippen LogP contribution < -0.4 is 0 Å². The van der Waals surface area contributed by atoms with Crippen molar-refractivity contribution in [1.29, 1.82) is 0 Å². The molecule has 2 rings (SSSR count). The molecule has 0 bridgehead atoms. The molecule has 2 saturated carbocycles. The predicted molar refractivity (Wildman–Crippen MR) is 45.4 cm³/mol. The zero-order valence-corrected chi connectivity index (χ0v) is 7.55. The molecule has 0 aromatic carbocycles. The molecule has 11 heavy (non-hydrogen) atoms. The lowest BCUT2D eigenvalue weighted by Crippen LogP contribution is -2.06. The summed E-state index contributed by atoms with van der Waals surface area (Å²) in [6, 6.07) is 0. The number of ether oxygens (including phenoxy) is 1. The van der Waals surface area contributed by atoms with E-state index in [0.29, 0.717) is 6.10 Å². The summed E-state index contributed by atoms with van der Waals surface area (Å²) in [6.45, 7) is 2.39. The number of hydrogen-bond acceptors (Lipinski definition) is 1. The Bertz CT molecular complexity index is 130. The van der Waals surface area contributed by atoms with Gasteiger partial charge in [0.1, 0.15) is 0 Å².